The third-order valence-corrected chi connectivity index (χ3v) is 4.35. The maximum absolute atomic E-state index is 10.9. The number of benzene rings is 2. The number of carboxylic acids is 1. The molecule has 0 aliphatic rings. The van der Waals surface area contributed by atoms with Gasteiger partial charge in [0.15, 0.2) is 0 Å². The molecule has 0 fully saturated rings. The molecule has 0 aliphatic heterocycles. The number of carbonyl (C=O) groups is 1. The van der Waals surface area contributed by atoms with Gasteiger partial charge in [-0.25, -0.2) is 0 Å². The number of nitrogens with zero attached hydrogens (tertiary/aromatic N) is 1. The zero-order valence-corrected chi connectivity index (χ0v) is 16.1. The fourth-order valence-electron chi connectivity index (χ4n) is 2.81. The van der Waals surface area contributed by atoms with Gasteiger partial charge >= 0.3 is 5.97 Å². The fourth-order valence-corrected chi connectivity index (χ4v) is 2.81. The van der Waals surface area contributed by atoms with E-state index in [1.54, 1.807) is 4.90 Å². The van der Waals surface area contributed by atoms with Crippen molar-refractivity contribution in [2.24, 2.45) is 0 Å². The highest BCUT2D eigenvalue weighted by Crippen LogP contribution is 2.28. The SMILES string of the molecule is CN(CCC(Oc1ccc(C(C)(C)C)cc1)c1ccccc1)CC(=O)O. The first kappa shape index (κ1) is 20.0. The molecular formula is C22H29NO3. The summed E-state index contributed by atoms with van der Waals surface area (Å²) in [5.74, 6) is 0.00943. The van der Waals surface area contributed by atoms with E-state index in [0.717, 1.165) is 17.7 Å². The smallest absolute Gasteiger partial charge is 0.317 e. The summed E-state index contributed by atoms with van der Waals surface area (Å²) in [5.41, 5.74) is 2.47. The van der Waals surface area contributed by atoms with Crippen molar-refractivity contribution in [1.82, 2.24) is 4.90 Å². The minimum atomic E-state index is -0.817. The molecule has 0 bridgehead atoms. The summed E-state index contributed by atoms with van der Waals surface area (Å²) in [5, 5.41) is 8.92. The van der Waals surface area contributed by atoms with E-state index in [1.165, 1.54) is 5.56 Å². The summed E-state index contributed by atoms with van der Waals surface area (Å²) < 4.78 is 6.25. The number of likely N-dealkylation sites (N-methyl/N-ethyl adjacent to an activating group) is 1. The van der Waals surface area contributed by atoms with E-state index in [2.05, 4.69) is 32.9 Å². The van der Waals surface area contributed by atoms with E-state index < -0.39 is 5.97 Å². The van der Waals surface area contributed by atoms with Crippen molar-refractivity contribution in [3.8, 4) is 5.75 Å². The molecule has 0 heterocycles. The van der Waals surface area contributed by atoms with Crippen molar-refractivity contribution in [2.75, 3.05) is 20.1 Å². The Bertz CT molecular complexity index is 690. The predicted octanol–water partition coefficient (Wildman–Crippen LogP) is 4.51. The normalized spacial score (nSPS) is 12.8. The molecule has 1 N–H and O–H groups in total. The van der Waals surface area contributed by atoms with Crippen molar-refractivity contribution in [1.29, 1.82) is 0 Å². The Balaban J connectivity index is 2.10. The number of ether oxygens (including phenoxy) is 1. The molecule has 1 atom stereocenters. The summed E-state index contributed by atoms with van der Waals surface area (Å²) in [7, 11) is 1.81. The molecule has 26 heavy (non-hydrogen) atoms. The first-order chi connectivity index (χ1) is 12.3. The molecule has 0 aliphatic carbocycles. The van der Waals surface area contributed by atoms with Gasteiger partial charge in [-0.3, -0.25) is 9.69 Å². The second-order valence-electron chi connectivity index (χ2n) is 7.71. The summed E-state index contributed by atoms with van der Waals surface area (Å²) in [4.78, 5) is 12.7. The minimum absolute atomic E-state index is 0.0296. The summed E-state index contributed by atoms with van der Waals surface area (Å²) in [6.45, 7) is 7.24. The third kappa shape index (κ3) is 6.19. The van der Waals surface area contributed by atoms with E-state index in [4.69, 9.17) is 9.84 Å². The number of rotatable bonds is 8. The van der Waals surface area contributed by atoms with E-state index >= 15 is 0 Å². The molecule has 0 saturated carbocycles. The van der Waals surface area contributed by atoms with Crippen LogP contribution < -0.4 is 4.74 Å². The van der Waals surface area contributed by atoms with Gasteiger partial charge in [-0.15, -0.1) is 0 Å². The first-order valence-corrected chi connectivity index (χ1v) is 8.98. The highest BCUT2D eigenvalue weighted by atomic mass is 16.5. The van der Waals surface area contributed by atoms with Crippen LogP contribution in [0.15, 0.2) is 54.6 Å². The van der Waals surface area contributed by atoms with Gasteiger partial charge < -0.3 is 9.84 Å². The van der Waals surface area contributed by atoms with Gasteiger partial charge in [-0.05, 0) is 35.7 Å². The standard InChI is InChI=1S/C22H29NO3/c1-22(2,3)18-10-12-19(13-11-18)26-20(17-8-6-5-7-9-17)14-15-23(4)16-21(24)25/h5-13,20H,14-16H2,1-4H3,(H,24,25). The van der Waals surface area contributed by atoms with Crippen LogP contribution in [-0.4, -0.2) is 36.1 Å². The van der Waals surface area contributed by atoms with E-state index in [9.17, 15) is 4.79 Å². The number of aliphatic carboxylic acids is 1. The zero-order chi connectivity index (χ0) is 19.2. The molecule has 4 heteroatoms. The van der Waals surface area contributed by atoms with Crippen LogP contribution in [-0.2, 0) is 10.2 Å². The Morgan fingerprint density at radius 3 is 2.23 bits per heavy atom. The lowest BCUT2D eigenvalue weighted by molar-refractivity contribution is -0.138. The Hall–Kier alpha value is -2.33. The second-order valence-corrected chi connectivity index (χ2v) is 7.71. The average Bonchev–Trinajstić information content (AvgIpc) is 2.58. The topological polar surface area (TPSA) is 49.8 Å². The molecule has 1 unspecified atom stereocenters. The van der Waals surface area contributed by atoms with Gasteiger partial charge in [-0.1, -0.05) is 63.2 Å². The molecule has 0 spiro atoms. The number of hydrogen-bond donors (Lipinski definition) is 1. The van der Waals surface area contributed by atoms with Crippen molar-refractivity contribution in [3.05, 3.63) is 65.7 Å². The van der Waals surface area contributed by atoms with Crippen molar-refractivity contribution in [2.45, 2.75) is 38.7 Å². The zero-order valence-electron chi connectivity index (χ0n) is 16.1. The van der Waals surface area contributed by atoms with Crippen LogP contribution in [0.25, 0.3) is 0 Å². The first-order valence-electron chi connectivity index (χ1n) is 8.98. The molecule has 4 nitrogen and oxygen atoms in total. The van der Waals surface area contributed by atoms with Gasteiger partial charge in [0.1, 0.15) is 11.9 Å². The molecule has 140 valence electrons. The Kier molecular flexibility index (Phi) is 6.81. The van der Waals surface area contributed by atoms with Crippen LogP contribution in [0.5, 0.6) is 5.75 Å². The monoisotopic (exact) mass is 355 g/mol. The van der Waals surface area contributed by atoms with E-state index in [0.29, 0.717) is 6.54 Å². The van der Waals surface area contributed by atoms with Gasteiger partial charge in [-0.2, -0.15) is 0 Å². The van der Waals surface area contributed by atoms with Crippen LogP contribution in [0, 0.1) is 0 Å². The van der Waals surface area contributed by atoms with Crippen molar-refractivity contribution in [3.63, 3.8) is 0 Å². The van der Waals surface area contributed by atoms with E-state index in [1.807, 2.05) is 49.5 Å². The highest BCUT2D eigenvalue weighted by molar-refractivity contribution is 5.68. The maximum atomic E-state index is 10.9. The lowest BCUT2D eigenvalue weighted by Gasteiger charge is -2.23. The summed E-state index contributed by atoms with van der Waals surface area (Å²) in [6.07, 6.45) is 0.599. The molecule has 0 aromatic heterocycles. The quantitative estimate of drug-likeness (QED) is 0.757. The van der Waals surface area contributed by atoms with Crippen LogP contribution in [0.2, 0.25) is 0 Å². The van der Waals surface area contributed by atoms with Crippen LogP contribution in [0.3, 0.4) is 0 Å². The molecule has 2 aromatic rings. The summed E-state index contributed by atoms with van der Waals surface area (Å²) >= 11 is 0. The van der Waals surface area contributed by atoms with E-state index in [-0.39, 0.29) is 18.1 Å². The summed E-state index contributed by atoms with van der Waals surface area (Å²) in [6, 6.07) is 18.3. The minimum Gasteiger partial charge on any atom is -0.486 e. The molecule has 0 amide bonds. The third-order valence-electron chi connectivity index (χ3n) is 4.35. The van der Waals surface area contributed by atoms with Crippen molar-refractivity contribution >= 4 is 5.97 Å². The predicted molar refractivity (Wildman–Crippen MR) is 105 cm³/mol. The maximum Gasteiger partial charge on any atom is 0.317 e. The van der Waals surface area contributed by atoms with Crippen LogP contribution >= 0.6 is 0 Å². The Morgan fingerprint density at radius 1 is 1.08 bits per heavy atom. The number of carboxylic acid groups (broad SMARTS) is 1. The molecule has 2 aromatic carbocycles. The van der Waals surface area contributed by atoms with Crippen molar-refractivity contribution < 1.29 is 14.6 Å². The van der Waals surface area contributed by atoms with Crippen LogP contribution in [0.1, 0.15) is 44.4 Å². The molecular weight excluding hydrogens is 326 g/mol. The van der Waals surface area contributed by atoms with Gasteiger partial charge in [0.25, 0.3) is 0 Å². The lowest BCUT2D eigenvalue weighted by atomic mass is 9.87. The second kappa shape index (κ2) is 8.86. The Morgan fingerprint density at radius 2 is 1.69 bits per heavy atom. The number of hydrogen-bond acceptors (Lipinski definition) is 3. The largest absolute Gasteiger partial charge is 0.486 e. The lowest BCUT2D eigenvalue weighted by Crippen LogP contribution is -2.28. The molecule has 2 rings (SSSR count). The fraction of sp³-hybridized carbons (Fsp3) is 0.409. The highest BCUT2D eigenvalue weighted by Gasteiger charge is 2.17. The average molecular weight is 355 g/mol. The van der Waals surface area contributed by atoms with Gasteiger partial charge in [0, 0.05) is 13.0 Å². The van der Waals surface area contributed by atoms with Gasteiger partial charge in [0.05, 0.1) is 6.54 Å². The van der Waals surface area contributed by atoms with Crippen LogP contribution in [0.4, 0.5) is 0 Å². The van der Waals surface area contributed by atoms with Gasteiger partial charge in [0.2, 0.25) is 0 Å². The molecule has 0 radical (unpaired) electrons. The Labute approximate surface area is 156 Å². The molecule has 0 saturated heterocycles.